The van der Waals surface area contributed by atoms with Crippen LogP contribution in [-0.4, -0.2) is 37.1 Å². The molecule has 1 aliphatic heterocycles. The average molecular weight is 198 g/mol. The molecule has 1 N–H and O–H groups in total. The molecule has 1 aliphatic rings. The van der Waals surface area contributed by atoms with Crippen LogP contribution >= 0.6 is 0 Å². The molecule has 0 aromatic heterocycles. The molecule has 4 atom stereocenters. The van der Waals surface area contributed by atoms with Crippen molar-refractivity contribution in [2.45, 2.75) is 46.2 Å². The molecule has 0 amide bonds. The van der Waals surface area contributed by atoms with Gasteiger partial charge >= 0.3 is 0 Å². The lowest BCUT2D eigenvalue weighted by molar-refractivity contribution is 0.0885. The summed E-state index contributed by atoms with van der Waals surface area (Å²) in [6.45, 7) is 11.9. The highest BCUT2D eigenvalue weighted by molar-refractivity contribution is 4.83. The van der Waals surface area contributed by atoms with Crippen molar-refractivity contribution in [2.24, 2.45) is 11.8 Å². The summed E-state index contributed by atoms with van der Waals surface area (Å²) < 4.78 is 0. The highest BCUT2D eigenvalue weighted by atomic mass is 15.2. The van der Waals surface area contributed by atoms with E-state index in [9.17, 15) is 0 Å². The Hall–Kier alpha value is -0.0800. The standard InChI is InChI=1S/C12H26N2/c1-9-6-7-14(8-10(9)2)12(4)11(3)13-5/h9-13H,6-8H2,1-5H3. The SMILES string of the molecule is CNC(C)C(C)N1CCC(C)C(C)C1. The molecule has 0 aromatic rings. The molecule has 0 aromatic carbocycles. The maximum absolute atomic E-state index is 3.35. The summed E-state index contributed by atoms with van der Waals surface area (Å²) in [6, 6.07) is 1.26. The first kappa shape index (κ1) is 12.0. The zero-order valence-corrected chi connectivity index (χ0v) is 10.4. The molecule has 2 nitrogen and oxygen atoms in total. The molecule has 1 heterocycles. The molecular formula is C12H26N2. The Labute approximate surface area is 89.1 Å². The third-order valence-electron chi connectivity index (χ3n) is 4.12. The molecule has 84 valence electrons. The molecule has 1 fully saturated rings. The van der Waals surface area contributed by atoms with Crippen molar-refractivity contribution in [3.05, 3.63) is 0 Å². The molecule has 0 saturated carbocycles. The van der Waals surface area contributed by atoms with Crippen molar-refractivity contribution in [2.75, 3.05) is 20.1 Å². The largest absolute Gasteiger partial charge is 0.316 e. The van der Waals surface area contributed by atoms with Crippen LogP contribution in [0.1, 0.15) is 34.1 Å². The summed E-state index contributed by atoms with van der Waals surface area (Å²) in [5, 5.41) is 3.35. The minimum atomic E-state index is 0.593. The van der Waals surface area contributed by atoms with E-state index in [4.69, 9.17) is 0 Å². The van der Waals surface area contributed by atoms with Crippen LogP contribution in [-0.2, 0) is 0 Å². The van der Waals surface area contributed by atoms with Crippen LogP contribution < -0.4 is 5.32 Å². The van der Waals surface area contributed by atoms with Crippen LogP contribution in [0.2, 0.25) is 0 Å². The average Bonchev–Trinajstić information content (AvgIpc) is 2.20. The van der Waals surface area contributed by atoms with Gasteiger partial charge in [-0.2, -0.15) is 0 Å². The van der Waals surface area contributed by atoms with Crippen molar-refractivity contribution in [3.63, 3.8) is 0 Å². The third kappa shape index (κ3) is 2.71. The molecule has 14 heavy (non-hydrogen) atoms. The maximum atomic E-state index is 3.35. The lowest BCUT2D eigenvalue weighted by atomic mass is 9.87. The maximum Gasteiger partial charge on any atom is 0.0218 e. The molecule has 0 spiro atoms. The molecular weight excluding hydrogens is 172 g/mol. The van der Waals surface area contributed by atoms with E-state index in [0.29, 0.717) is 12.1 Å². The zero-order chi connectivity index (χ0) is 10.7. The highest BCUT2D eigenvalue weighted by Gasteiger charge is 2.27. The van der Waals surface area contributed by atoms with E-state index in [1.807, 2.05) is 0 Å². The fourth-order valence-electron chi connectivity index (χ4n) is 2.22. The van der Waals surface area contributed by atoms with E-state index in [0.717, 1.165) is 11.8 Å². The lowest BCUT2D eigenvalue weighted by Crippen LogP contribution is -2.50. The first-order valence-electron chi connectivity index (χ1n) is 5.97. The Morgan fingerprint density at radius 1 is 1.21 bits per heavy atom. The second kappa shape index (κ2) is 5.13. The Kier molecular flexibility index (Phi) is 4.39. The third-order valence-corrected chi connectivity index (χ3v) is 4.12. The van der Waals surface area contributed by atoms with Crippen molar-refractivity contribution < 1.29 is 0 Å². The van der Waals surface area contributed by atoms with E-state index < -0.39 is 0 Å². The van der Waals surface area contributed by atoms with Crippen LogP contribution in [0, 0.1) is 11.8 Å². The number of hydrogen-bond donors (Lipinski definition) is 1. The number of likely N-dealkylation sites (tertiary alicyclic amines) is 1. The van der Waals surface area contributed by atoms with Gasteiger partial charge in [-0.15, -0.1) is 0 Å². The summed E-state index contributed by atoms with van der Waals surface area (Å²) in [5.74, 6) is 1.76. The normalized spacial score (nSPS) is 34.1. The van der Waals surface area contributed by atoms with Gasteiger partial charge in [0.25, 0.3) is 0 Å². The Bertz CT molecular complexity index is 170. The fourth-order valence-corrected chi connectivity index (χ4v) is 2.22. The molecule has 0 radical (unpaired) electrons. The van der Waals surface area contributed by atoms with Crippen molar-refractivity contribution >= 4 is 0 Å². The number of piperidine rings is 1. The van der Waals surface area contributed by atoms with E-state index in [1.165, 1.54) is 19.5 Å². The van der Waals surface area contributed by atoms with Crippen molar-refractivity contribution in [1.82, 2.24) is 10.2 Å². The van der Waals surface area contributed by atoms with Crippen LogP contribution in [0.15, 0.2) is 0 Å². The highest BCUT2D eigenvalue weighted by Crippen LogP contribution is 2.24. The van der Waals surface area contributed by atoms with Gasteiger partial charge in [0.1, 0.15) is 0 Å². The van der Waals surface area contributed by atoms with Gasteiger partial charge in [0.2, 0.25) is 0 Å². The summed E-state index contributed by atoms with van der Waals surface area (Å²) >= 11 is 0. The van der Waals surface area contributed by atoms with Gasteiger partial charge in [0.15, 0.2) is 0 Å². The number of rotatable bonds is 3. The quantitative estimate of drug-likeness (QED) is 0.746. The Balaban J connectivity index is 2.45. The molecule has 0 bridgehead atoms. The van der Waals surface area contributed by atoms with Crippen LogP contribution in [0.4, 0.5) is 0 Å². The van der Waals surface area contributed by atoms with E-state index in [2.05, 4.69) is 45.0 Å². The van der Waals surface area contributed by atoms with Crippen molar-refractivity contribution in [3.8, 4) is 0 Å². The van der Waals surface area contributed by atoms with Crippen LogP contribution in [0.3, 0.4) is 0 Å². The van der Waals surface area contributed by atoms with E-state index in [-0.39, 0.29) is 0 Å². The molecule has 1 rings (SSSR count). The smallest absolute Gasteiger partial charge is 0.0218 e. The predicted octanol–water partition coefficient (Wildman–Crippen LogP) is 1.96. The lowest BCUT2D eigenvalue weighted by Gasteiger charge is -2.40. The summed E-state index contributed by atoms with van der Waals surface area (Å²) in [4.78, 5) is 2.63. The monoisotopic (exact) mass is 198 g/mol. The van der Waals surface area contributed by atoms with Gasteiger partial charge in [-0.1, -0.05) is 13.8 Å². The van der Waals surface area contributed by atoms with Crippen LogP contribution in [0.25, 0.3) is 0 Å². The van der Waals surface area contributed by atoms with Crippen LogP contribution in [0.5, 0.6) is 0 Å². The Morgan fingerprint density at radius 2 is 1.86 bits per heavy atom. The van der Waals surface area contributed by atoms with Gasteiger partial charge < -0.3 is 5.32 Å². The summed E-state index contributed by atoms with van der Waals surface area (Å²) in [7, 11) is 2.05. The van der Waals surface area contributed by atoms with E-state index >= 15 is 0 Å². The summed E-state index contributed by atoms with van der Waals surface area (Å²) in [6.07, 6.45) is 1.36. The molecule has 0 aliphatic carbocycles. The first-order valence-corrected chi connectivity index (χ1v) is 5.97. The first-order chi connectivity index (χ1) is 6.56. The fraction of sp³-hybridized carbons (Fsp3) is 1.00. The Morgan fingerprint density at radius 3 is 2.36 bits per heavy atom. The van der Waals surface area contributed by atoms with Gasteiger partial charge in [-0.05, 0) is 45.7 Å². The number of nitrogens with one attached hydrogen (secondary N) is 1. The topological polar surface area (TPSA) is 15.3 Å². The minimum absolute atomic E-state index is 0.593. The number of nitrogens with zero attached hydrogens (tertiary/aromatic N) is 1. The van der Waals surface area contributed by atoms with Gasteiger partial charge in [0, 0.05) is 18.6 Å². The van der Waals surface area contributed by atoms with Crippen molar-refractivity contribution in [1.29, 1.82) is 0 Å². The second-order valence-electron chi connectivity index (χ2n) is 5.06. The summed E-state index contributed by atoms with van der Waals surface area (Å²) in [5.41, 5.74) is 0. The molecule has 2 heteroatoms. The van der Waals surface area contributed by atoms with Gasteiger partial charge in [0.05, 0.1) is 0 Å². The van der Waals surface area contributed by atoms with E-state index in [1.54, 1.807) is 0 Å². The second-order valence-corrected chi connectivity index (χ2v) is 5.06. The molecule has 4 unspecified atom stereocenters. The number of hydrogen-bond acceptors (Lipinski definition) is 2. The van der Waals surface area contributed by atoms with Gasteiger partial charge in [-0.25, -0.2) is 0 Å². The van der Waals surface area contributed by atoms with Gasteiger partial charge in [-0.3, -0.25) is 4.90 Å². The minimum Gasteiger partial charge on any atom is -0.316 e. The molecule has 1 saturated heterocycles. The zero-order valence-electron chi connectivity index (χ0n) is 10.4. The number of likely N-dealkylation sites (N-methyl/N-ethyl adjacent to an activating group) is 1. The predicted molar refractivity (Wildman–Crippen MR) is 62.5 cm³/mol.